The number of hydrogen-bond donors (Lipinski definition) is 0. The van der Waals surface area contributed by atoms with Gasteiger partial charge in [-0.3, -0.25) is 9.59 Å². The fourth-order valence-corrected chi connectivity index (χ4v) is 1.99. The van der Waals surface area contributed by atoms with Crippen LogP contribution in [0.5, 0.6) is 11.5 Å². The van der Waals surface area contributed by atoms with Crippen LogP contribution in [0.1, 0.15) is 30.1 Å². The zero-order valence-electron chi connectivity index (χ0n) is 10.4. The predicted molar refractivity (Wildman–Crippen MR) is 67.8 cm³/mol. The summed E-state index contributed by atoms with van der Waals surface area (Å²) in [4.78, 5) is 23.1. The quantitative estimate of drug-likeness (QED) is 0.614. The van der Waals surface area contributed by atoms with Crippen molar-refractivity contribution in [1.82, 2.24) is 0 Å². The number of benzene rings is 1. The van der Waals surface area contributed by atoms with Crippen molar-refractivity contribution >= 4 is 23.4 Å². The third-order valence-electron chi connectivity index (χ3n) is 2.61. The molecule has 0 N–H and O–H groups in total. The fraction of sp³-hybridized carbons (Fsp3) is 0.385. The summed E-state index contributed by atoms with van der Waals surface area (Å²) >= 11 is 5.98. The highest BCUT2D eigenvalue weighted by Crippen LogP contribution is 2.40. The highest BCUT2D eigenvalue weighted by molar-refractivity contribution is 6.32. The van der Waals surface area contributed by atoms with Crippen LogP contribution in [0, 0.1) is 0 Å². The van der Waals surface area contributed by atoms with Gasteiger partial charge in [-0.25, -0.2) is 0 Å². The molecule has 0 fully saturated rings. The molecule has 0 aromatic heterocycles. The van der Waals surface area contributed by atoms with Gasteiger partial charge in [-0.05, 0) is 19.1 Å². The van der Waals surface area contributed by atoms with Crippen molar-refractivity contribution in [2.45, 2.75) is 19.8 Å². The maximum Gasteiger partial charge on any atom is 0.306 e. The molecule has 19 heavy (non-hydrogen) atoms. The van der Waals surface area contributed by atoms with Crippen LogP contribution in [0.4, 0.5) is 0 Å². The van der Waals surface area contributed by atoms with Gasteiger partial charge >= 0.3 is 5.97 Å². The highest BCUT2D eigenvalue weighted by Gasteiger charge is 2.21. The Balaban J connectivity index is 2.04. The third-order valence-corrected chi connectivity index (χ3v) is 2.89. The number of carbonyl (C=O) groups is 2. The van der Waals surface area contributed by atoms with Crippen molar-refractivity contribution in [3.63, 3.8) is 0 Å². The molecule has 0 saturated heterocycles. The molecule has 1 aromatic carbocycles. The second-order valence-electron chi connectivity index (χ2n) is 3.92. The monoisotopic (exact) mass is 284 g/mol. The van der Waals surface area contributed by atoms with E-state index in [1.165, 1.54) is 6.07 Å². The summed E-state index contributed by atoms with van der Waals surface area (Å²) in [6.07, 6.45) is 0.132. The number of esters is 1. The summed E-state index contributed by atoms with van der Waals surface area (Å²) in [5.41, 5.74) is 0.401. The minimum absolute atomic E-state index is 0.0543. The summed E-state index contributed by atoms with van der Waals surface area (Å²) in [5.74, 6) is 0.325. The number of ether oxygens (including phenoxy) is 3. The summed E-state index contributed by atoms with van der Waals surface area (Å²) in [6, 6.07) is 3.09. The lowest BCUT2D eigenvalue weighted by atomic mass is 10.1. The van der Waals surface area contributed by atoms with Crippen LogP contribution in [-0.2, 0) is 9.53 Å². The molecule has 1 aromatic rings. The molecule has 0 amide bonds. The third kappa shape index (κ3) is 3.17. The van der Waals surface area contributed by atoms with E-state index in [2.05, 4.69) is 0 Å². The Labute approximate surface area is 115 Å². The molecule has 1 aliphatic heterocycles. The minimum Gasteiger partial charge on any atom is -0.466 e. The van der Waals surface area contributed by atoms with Crippen LogP contribution in [-0.4, -0.2) is 25.2 Å². The molecule has 1 aliphatic rings. The van der Waals surface area contributed by atoms with Gasteiger partial charge in [-0.2, -0.15) is 0 Å². The first-order valence-corrected chi connectivity index (χ1v) is 6.27. The van der Waals surface area contributed by atoms with Crippen LogP contribution >= 0.6 is 11.6 Å². The van der Waals surface area contributed by atoms with Gasteiger partial charge in [0.05, 0.1) is 18.1 Å². The molecule has 1 heterocycles. The predicted octanol–water partition coefficient (Wildman–Crippen LogP) is 2.59. The van der Waals surface area contributed by atoms with Crippen molar-refractivity contribution in [2.24, 2.45) is 0 Å². The van der Waals surface area contributed by atoms with Gasteiger partial charge in [-0.15, -0.1) is 0 Å². The summed E-state index contributed by atoms with van der Waals surface area (Å²) in [5, 5.41) is 0.328. The first-order chi connectivity index (χ1) is 9.11. The van der Waals surface area contributed by atoms with Gasteiger partial charge in [-0.1, -0.05) is 11.6 Å². The van der Waals surface area contributed by atoms with Gasteiger partial charge in [0.25, 0.3) is 0 Å². The largest absolute Gasteiger partial charge is 0.466 e. The van der Waals surface area contributed by atoms with E-state index in [0.717, 1.165) is 0 Å². The molecular weight excluding hydrogens is 272 g/mol. The Hall–Kier alpha value is -1.75. The van der Waals surface area contributed by atoms with E-state index in [1.54, 1.807) is 13.0 Å². The first-order valence-electron chi connectivity index (χ1n) is 5.89. The minimum atomic E-state index is -0.386. The highest BCUT2D eigenvalue weighted by atomic mass is 35.5. The number of rotatable bonds is 5. The Morgan fingerprint density at radius 1 is 1.32 bits per heavy atom. The lowest BCUT2D eigenvalue weighted by Crippen LogP contribution is -2.08. The lowest BCUT2D eigenvalue weighted by Gasteiger charge is -2.04. The van der Waals surface area contributed by atoms with Gasteiger partial charge < -0.3 is 14.2 Å². The zero-order chi connectivity index (χ0) is 13.8. The number of carbonyl (C=O) groups excluding carboxylic acids is 2. The number of ketones is 1. The maximum atomic E-state index is 11.9. The molecule has 102 valence electrons. The average Bonchev–Trinajstić information content (AvgIpc) is 2.85. The maximum absolute atomic E-state index is 11.9. The Bertz CT molecular complexity index is 512. The molecule has 2 rings (SSSR count). The SMILES string of the molecule is CCOC(=O)CCC(=O)c1cc(Cl)c2c(c1)OCO2. The molecular formula is C13H13ClO5. The van der Waals surface area contributed by atoms with Crippen LogP contribution in [0.15, 0.2) is 12.1 Å². The van der Waals surface area contributed by atoms with Gasteiger partial charge in [0.1, 0.15) is 0 Å². The zero-order valence-corrected chi connectivity index (χ0v) is 11.2. The summed E-state index contributed by atoms with van der Waals surface area (Å²) in [7, 11) is 0. The Kier molecular flexibility index (Phi) is 4.27. The Morgan fingerprint density at radius 3 is 2.84 bits per heavy atom. The van der Waals surface area contributed by atoms with Crippen molar-refractivity contribution in [3.05, 3.63) is 22.7 Å². The molecule has 5 nitrogen and oxygen atoms in total. The summed E-state index contributed by atoms with van der Waals surface area (Å²) < 4.78 is 15.1. The van der Waals surface area contributed by atoms with E-state index >= 15 is 0 Å². The van der Waals surface area contributed by atoms with E-state index in [1.807, 2.05) is 0 Å². The van der Waals surface area contributed by atoms with Crippen molar-refractivity contribution in [2.75, 3.05) is 13.4 Å². The molecule has 0 aliphatic carbocycles. The van der Waals surface area contributed by atoms with E-state index in [0.29, 0.717) is 28.7 Å². The number of halogens is 1. The molecule has 0 saturated carbocycles. The van der Waals surface area contributed by atoms with Crippen LogP contribution in [0.25, 0.3) is 0 Å². The topological polar surface area (TPSA) is 61.8 Å². The molecule has 0 bridgehead atoms. The van der Waals surface area contributed by atoms with E-state index < -0.39 is 0 Å². The van der Waals surface area contributed by atoms with E-state index in [-0.39, 0.29) is 31.4 Å². The Morgan fingerprint density at radius 2 is 2.11 bits per heavy atom. The molecule has 6 heteroatoms. The molecule has 0 radical (unpaired) electrons. The fourth-order valence-electron chi connectivity index (χ4n) is 1.72. The smallest absolute Gasteiger partial charge is 0.306 e. The lowest BCUT2D eigenvalue weighted by molar-refractivity contribution is -0.143. The van der Waals surface area contributed by atoms with E-state index in [4.69, 9.17) is 25.8 Å². The van der Waals surface area contributed by atoms with Gasteiger partial charge in [0.2, 0.25) is 6.79 Å². The van der Waals surface area contributed by atoms with Crippen molar-refractivity contribution < 1.29 is 23.8 Å². The van der Waals surface area contributed by atoms with E-state index in [9.17, 15) is 9.59 Å². The molecule has 0 unspecified atom stereocenters. The second kappa shape index (κ2) is 5.93. The second-order valence-corrected chi connectivity index (χ2v) is 4.33. The molecule has 0 spiro atoms. The van der Waals surface area contributed by atoms with Crippen molar-refractivity contribution in [1.29, 1.82) is 0 Å². The number of hydrogen-bond acceptors (Lipinski definition) is 5. The normalized spacial score (nSPS) is 12.3. The average molecular weight is 285 g/mol. The standard InChI is InChI=1S/C13H13ClO5/c1-2-17-12(16)4-3-10(15)8-5-9(14)13-11(6-8)18-7-19-13/h5-6H,2-4,7H2,1H3. The first kappa shape index (κ1) is 13.7. The summed E-state index contributed by atoms with van der Waals surface area (Å²) in [6.45, 7) is 2.12. The number of fused-ring (bicyclic) bond motifs is 1. The van der Waals surface area contributed by atoms with Crippen LogP contribution < -0.4 is 9.47 Å². The van der Waals surface area contributed by atoms with Gasteiger partial charge in [0, 0.05) is 12.0 Å². The van der Waals surface area contributed by atoms with Crippen LogP contribution in [0.3, 0.4) is 0 Å². The molecule has 0 atom stereocenters. The van der Waals surface area contributed by atoms with Crippen molar-refractivity contribution in [3.8, 4) is 11.5 Å². The van der Waals surface area contributed by atoms with Gasteiger partial charge in [0.15, 0.2) is 17.3 Å². The van der Waals surface area contributed by atoms with Crippen LogP contribution in [0.2, 0.25) is 5.02 Å². The number of Topliss-reactive ketones (excluding diaryl/α,β-unsaturated/α-hetero) is 1.